The van der Waals surface area contributed by atoms with E-state index in [2.05, 4.69) is 10.3 Å². The summed E-state index contributed by atoms with van der Waals surface area (Å²) in [6.45, 7) is 5.74. The minimum absolute atomic E-state index is 0.163. The summed E-state index contributed by atoms with van der Waals surface area (Å²) in [4.78, 5) is 27.8. The highest BCUT2D eigenvalue weighted by atomic mass is 16.5. The quantitative estimate of drug-likeness (QED) is 0.589. The number of nitrogens with one attached hydrogen (secondary N) is 1. The van der Waals surface area contributed by atoms with Crippen LogP contribution in [0.15, 0.2) is 24.5 Å². The summed E-state index contributed by atoms with van der Waals surface area (Å²) in [5.74, 6) is -0.558. The maximum Gasteiger partial charge on any atom is 0.331 e. The number of rotatable bonds is 8. The fourth-order valence-corrected chi connectivity index (χ4v) is 1.76. The molecule has 1 N–H and O–H groups in total. The normalized spacial score (nSPS) is 11.0. The zero-order chi connectivity index (χ0) is 15.7. The van der Waals surface area contributed by atoms with Crippen LogP contribution in [-0.2, 0) is 20.7 Å². The molecule has 0 atom stereocenters. The fourth-order valence-electron chi connectivity index (χ4n) is 1.76. The summed E-state index contributed by atoms with van der Waals surface area (Å²) >= 11 is 0. The van der Waals surface area contributed by atoms with Crippen LogP contribution in [0.3, 0.4) is 0 Å². The molecule has 0 bridgehead atoms. The number of carbonyl (C=O) groups excluding carboxylic acids is 2. The third-order valence-corrected chi connectivity index (χ3v) is 3.08. The van der Waals surface area contributed by atoms with Crippen LogP contribution < -0.4 is 5.32 Å². The monoisotopic (exact) mass is 292 g/mol. The Kier molecular flexibility index (Phi) is 6.85. The van der Waals surface area contributed by atoms with Gasteiger partial charge in [-0.15, -0.1) is 0 Å². The van der Waals surface area contributed by atoms with E-state index in [9.17, 15) is 9.59 Å². The van der Waals surface area contributed by atoms with Gasteiger partial charge in [0.25, 0.3) is 0 Å². The zero-order valence-corrected chi connectivity index (χ0v) is 13.0. The molecule has 0 aliphatic heterocycles. The highest BCUT2D eigenvalue weighted by Gasteiger charge is 2.30. The lowest BCUT2D eigenvalue weighted by Gasteiger charge is -2.24. The first-order chi connectivity index (χ1) is 9.95. The predicted molar refractivity (Wildman–Crippen MR) is 80.6 cm³/mol. The smallest absolute Gasteiger partial charge is 0.331 e. The van der Waals surface area contributed by atoms with E-state index in [1.54, 1.807) is 26.2 Å². The molecule has 1 heterocycles. The summed E-state index contributed by atoms with van der Waals surface area (Å²) in [5, 5.41) is 2.72. The molecule has 0 unspecified atom stereocenters. The number of hydrogen-bond acceptors (Lipinski definition) is 4. The topological polar surface area (TPSA) is 68.3 Å². The van der Waals surface area contributed by atoms with Crippen LogP contribution in [-0.4, -0.2) is 29.0 Å². The van der Waals surface area contributed by atoms with Crippen molar-refractivity contribution in [3.63, 3.8) is 0 Å². The second-order valence-corrected chi connectivity index (χ2v) is 5.52. The van der Waals surface area contributed by atoms with Crippen LogP contribution in [0, 0.1) is 0 Å². The van der Waals surface area contributed by atoms with Gasteiger partial charge >= 0.3 is 5.97 Å². The average molecular weight is 292 g/mol. The van der Waals surface area contributed by atoms with Crippen molar-refractivity contribution < 1.29 is 14.3 Å². The van der Waals surface area contributed by atoms with Crippen molar-refractivity contribution in [2.24, 2.45) is 0 Å². The third kappa shape index (κ3) is 6.38. The number of carbonyl (C=O) groups is 2. The van der Waals surface area contributed by atoms with Crippen LogP contribution in [0.2, 0.25) is 0 Å². The molecule has 0 saturated heterocycles. The van der Waals surface area contributed by atoms with E-state index < -0.39 is 11.5 Å². The number of nitrogens with zero attached hydrogens (tertiary/aromatic N) is 1. The summed E-state index contributed by atoms with van der Waals surface area (Å²) in [6, 6.07) is 3.74. The molecule has 0 aromatic carbocycles. The van der Waals surface area contributed by atoms with Crippen LogP contribution in [0.4, 0.5) is 0 Å². The van der Waals surface area contributed by atoms with Crippen molar-refractivity contribution in [3.05, 3.63) is 30.1 Å². The second kappa shape index (κ2) is 8.39. The van der Waals surface area contributed by atoms with Gasteiger partial charge in [-0.2, -0.15) is 0 Å². The average Bonchev–Trinajstić information content (AvgIpc) is 2.46. The molecule has 0 saturated carbocycles. The van der Waals surface area contributed by atoms with Crippen LogP contribution in [0.5, 0.6) is 0 Å². The highest BCUT2D eigenvalue weighted by Crippen LogP contribution is 2.08. The maximum atomic E-state index is 11.9. The van der Waals surface area contributed by atoms with E-state index in [1.807, 2.05) is 19.1 Å². The van der Waals surface area contributed by atoms with Gasteiger partial charge in [-0.3, -0.25) is 9.78 Å². The molecule has 0 radical (unpaired) electrons. The van der Waals surface area contributed by atoms with Crippen molar-refractivity contribution in [3.8, 4) is 0 Å². The van der Waals surface area contributed by atoms with Gasteiger partial charge in [0, 0.05) is 18.8 Å². The Bertz CT molecular complexity index is 458. The number of unbranched alkanes of at least 4 members (excludes halogenated alkanes) is 1. The summed E-state index contributed by atoms with van der Waals surface area (Å²) < 4.78 is 5.15. The Balaban J connectivity index is 2.39. The number of amides is 1. The first kappa shape index (κ1) is 17.1. The van der Waals surface area contributed by atoms with Gasteiger partial charge in [0.2, 0.25) is 5.91 Å². The van der Waals surface area contributed by atoms with Gasteiger partial charge in [0.1, 0.15) is 5.54 Å². The van der Waals surface area contributed by atoms with Crippen LogP contribution in [0.1, 0.15) is 45.6 Å². The Labute approximate surface area is 126 Å². The van der Waals surface area contributed by atoms with Crippen LogP contribution in [0.25, 0.3) is 0 Å². The van der Waals surface area contributed by atoms with E-state index in [4.69, 9.17) is 4.74 Å². The number of aryl methyl sites for hydroxylation is 1. The van der Waals surface area contributed by atoms with Crippen molar-refractivity contribution in [2.75, 3.05) is 6.61 Å². The molecule has 5 heteroatoms. The largest absolute Gasteiger partial charge is 0.464 e. The maximum absolute atomic E-state index is 11.9. The number of aromatic nitrogens is 1. The van der Waals surface area contributed by atoms with Crippen molar-refractivity contribution in [1.29, 1.82) is 0 Å². The van der Waals surface area contributed by atoms with Gasteiger partial charge in [-0.1, -0.05) is 13.3 Å². The molecule has 5 nitrogen and oxygen atoms in total. The van der Waals surface area contributed by atoms with Gasteiger partial charge in [-0.05, 0) is 44.4 Å². The number of esters is 1. The van der Waals surface area contributed by atoms with E-state index in [1.165, 1.54) is 0 Å². The Morgan fingerprint density at radius 3 is 2.57 bits per heavy atom. The van der Waals surface area contributed by atoms with Crippen molar-refractivity contribution in [1.82, 2.24) is 10.3 Å². The molecule has 0 aliphatic carbocycles. The fraction of sp³-hybridized carbons (Fsp3) is 0.562. The lowest BCUT2D eigenvalue weighted by molar-refractivity contribution is -0.152. The van der Waals surface area contributed by atoms with Crippen LogP contribution >= 0.6 is 0 Å². The van der Waals surface area contributed by atoms with Gasteiger partial charge < -0.3 is 10.1 Å². The molecular weight excluding hydrogens is 268 g/mol. The lowest BCUT2D eigenvalue weighted by Crippen LogP contribution is -2.50. The van der Waals surface area contributed by atoms with E-state index in [-0.39, 0.29) is 5.91 Å². The zero-order valence-electron chi connectivity index (χ0n) is 13.0. The molecule has 116 valence electrons. The summed E-state index contributed by atoms with van der Waals surface area (Å²) in [6.07, 6.45) is 6.14. The predicted octanol–water partition coefficient (Wildman–Crippen LogP) is 2.25. The molecule has 1 aromatic heterocycles. The first-order valence-corrected chi connectivity index (χ1v) is 7.33. The molecule has 21 heavy (non-hydrogen) atoms. The molecule has 0 aliphatic rings. The van der Waals surface area contributed by atoms with Crippen molar-refractivity contribution in [2.45, 2.75) is 52.0 Å². The van der Waals surface area contributed by atoms with Gasteiger partial charge in [-0.25, -0.2) is 4.79 Å². The Hall–Kier alpha value is -1.91. The number of hydrogen-bond donors (Lipinski definition) is 1. The summed E-state index contributed by atoms with van der Waals surface area (Å²) in [5.41, 5.74) is 0.0479. The highest BCUT2D eigenvalue weighted by molar-refractivity contribution is 5.87. The summed E-state index contributed by atoms with van der Waals surface area (Å²) in [7, 11) is 0. The Morgan fingerprint density at radius 2 is 1.95 bits per heavy atom. The van der Waals surface area contributed by atoms with Gasteiger partial charge in [0.05, 0.1) is 6.61 Å². The molecule has 0 spiro atoms. The minimum Gasteiger partial charge on any atom is -0.464 e. The van der Waals surface area contributed by atoms with E-state index in [0.717, 1.165) is 18.4 Å². The second-order valence-electron chi connectivity index (χ2n) is 5.52. The third-order valence-electron chi connectivity index (χ3n) is 3.08. The number of ether oxygens (including phenoxy) is 1. The van der Waals surface area contributed by atoms with E-state index in [0.29, 0.717) is 19.4 Å². The molecule has 1 aromatic rings. The molecule has 1 amide bonds. The Morgan fingerprint density at radius 1 is 1.29 bits per heavy atom. The first-order valence-electron chi connectivity index (χ1n) is 7.33. The lowest BCUT2D eigenvalue weighted by atomic mass is 10.0. The SMILES string of the molecule is CCCCOC(=O)C(C)(C)NC(=O)CCc1ccncc1. The van der Waals surface area contributed by atoms with Crippen molar-refractivity contribution >= 4 is 11.9 Å². The molecule has 0 fully saturated rings. The van der Waals surface area contributed by atoms with Gasteiger partial charge in [0.15, 0.2) is 0 Å². The number of pyridine rings is 1. The molecular formula is C16H24N2O3. The minimum atomic E-state index is -0.997. The standard InChI is InChI=1S/C16H24N2O3/c1-4-5-12-21-15(20)16(2,3)18-14(19)7-6-13-8-10-17-11-9-13/h8-11H,4-7,12H2,1-3H3,(H,18,19). The molecule has 1 rings (SSSR count). The van der Waals surface area contributed by atoms with E-state index >= 15 is 0 Å².